The van der Waals surface area contributed by atoms with E-state index in [9.17, 15) is 22.8 Å². The van der Waals surface area contributed by atoms with Gasteiger partial charge in [0, 0.05) is 5.02 Å². The number of thioether (sulfide) groups is 1. The fraction of sp³-hybridized carbons (Fsp3) is 0.0588. The van der Waals surface area contributed by atoms with Gasteiger partial charge in [-0.25, -0.2) is 4.90 Å². The lowest BCUT2D eigenvalue weighted by molar-refractivity contribution is -0.137. The first-order chi connectivity index (χ1) is 11.8. The number of imide groups is 1. The number of hydrogen-bond acceptors (Lipinski definition) is 3. The van der Waals surface area contributed by atoms with Crippen molar-refractivity contribution >= 4 is 46.3 Å². The molecule has 0 spiro atoms. The van der Waals surface area contributed by atoms with Crippen LogP contribution in [0.5, 0.6) is 0 Å². The molecule has 128 valence electrons. The Bertz CT molecular complexity index is 878. The van der Waals surface area contributed by atoms with Crippen molar-refractivity contribution in [3.05, 3.63) is 69.6 Å². The average molecular weight is 384 g/mol. The van der Waals surface area contributed by atoms with Crippen LogP contribution in [0.1, 0.15) is 11.1 Å². The minimum Gasteiger partial charge on any atom is -0.268 e. The Balaban J connectivity index is 1.92. The first-order valence-corrected chi connectivity index (χ1v) is 8.16. The van der Waals surface area contributed by atoms with Gasteiger partial charge in [0.2, 0.25) is 0 Å². The van der Waals surface area contributed by atoms with E-state index in [1.807, 2.05) is 0 Å². The number of carbonyl (C=O) groups excluding carboxylic acids is 2. The monoisotopic (exact) mass is 383 g/mol. The number of hydrogen-bond donors (Lipinski definition) is 0. The van der Waals surface area contributed by atoms with Gasteiger partial charge in [0.15, 0.2) is 0 Å². The summed E-state index contributed by atoms with van der Waals surface area (Å²) in [6.07, 6.45) is -3.21. The van der Waals surface area contributed by atoms with Crippen molar-refractivity contribution in [2.45, 2.75) is 6.18 Å². The molecule has 0 aliphatic carbocycles. The van der Waals surface area contributed by atoms with Crippen LogP contribution in [0.3, 0.4) is 0 Å². The van der Waals surface area contributed by atoms with Gasteiger partial charge in [-0.1, -0.05) is 23.7 Å². The summed E-state index contributed by atoms with van der Waals surface area (Å²) in [5.41, 5.74) is -0.283. The van der Waals surface area contributed by atoms with Crippen LogP contribution in [0.15, 0.2) is 53.4 Å². The van der Waals surface area contributed by atoms with Gasteiger partial charge in [-0.2, -0.15) is 13.2 Å². The van der Waals surface area contributed by atoms with Crippen LogP contribution in [0.25, 0.3) is 6.08 Å². The number of amides is 2. The maximum atomic E-state index is 12.8. The number of carbonyl (C=O) groups is 2. The topological polar surface area (TPSA) is 37.4 Å². The van der Waals surface area contributed by atoms with Crippen LogP contribution in [-0.4, -0.2) is 11.1 Å². The quantitative estimate of drug-likeness (QED) is 0.633. The first kappa shape index (κ1) is 17.6. The molecule has 1 aliphatic rings. The maximum Gasteiger partial charge on any atom is 0.416 e. The van der Waals surface area contributed by atoms with E-state index in [0.717, 1.165) is 17.0 Å². The van der Waals surface area contributed by atoms with Gasteiger partial charge in [-0.05, 0) is 59.8 Å². The van der Waals surface area contributed by atoms with Crippen molar-refractivity contribution in [1.29, 1.82) is 0 Å². The smallest absolute Gasteiger partial charge is 0.268 e. The fourth-order valence-corrected chi connectivity index (χ4v) is 3.20. The predicted octanol–water partition coefficient (Wildman–Crippen LogP) is 5.60. The molecule has 0 radical (unpaired) electrons. The molecular formula is C17H9ClF3NO2S. The Morgan fingerprint density at radius 3 is 2.36 bits per heavy atom. The van der Waals surface area contributed by atoms with Crippen LogP contribution in [0, 0.1) is 0 Å². The molecule has 0 atom stereocenters. The number of halogens is 4. The van der Waals surface area contributed by atoms with Crippen molar-refractivity contribution in [1.82, 2.24) is 0 Å². The highest BCUT2D eigenvalue weighted by molar-refractivity contribution is 8.19. The average Bonchev–Trinajstić information content (AvgIpc) is 2.82. The lowest BCUT2D eigenvalue weighted by Gasteiger charge is -2.12. The van der Waals surface area contributed by atoms with Crippen LogP contribution in [0.2, 0.25) is 5.02 Å². The Hall–Kier alpha value is -2.25. The molecule has 0 unspecified atom stereocenters. The molecule has 25 heavy (non-hydrogen) atoms. The second kappa shape index (κ2) is 6.57. The largest absolute Gasteiger partial charge is 0.416 e. The van der Waals surface area contributed by atoms with Crippen molar-refractivity contribution in [2.24, 2.45) is 0 Å². The van der Waals surface area contributed by atoms with Gasteiger partial charge < -0.3 is 0 Å². The lowest BCUT2D eigenvalue weighted by atomic mass is 10.1. The highest BCUT2D eigenvalue weighted by Gasteiger charge is 2.36. The Morgan fingerprint density at radius 1 is 1.04 bits per heavy atom. The zero-order valence-corrected chi connectivity index (χ0v) is 14.0. The third-order valence-electron chi connectivity index (χ3n) is 3.39. The summed E-state index contributed by atoms with van der Waals surface area (Å²) in [4.78, 5) is 25.6. The van der Waals surface area contributed by atoms with E-state index in [1.165, 1.54) is 42.5 Å². The Labute approximate surface area is 150 Å². The predicted molar refractivity (Wildman–Crippen MR) is 91.3 cm³/mol. The van der Waals surface area contributed by atoms with Gasteiger partial charge in [-0.15, -0.1) is 0 Å². The van der Waals surface area contributed by atoms with E-state index in [4.69, 9.17) is 11.6 Å². The Kier molecular flexibility index (Phi) is 4.62. The maximum absolute atomic E-state index is 12.8. The Morgan fingerprint density at radius 2 is 1.72 bits per heavy atom. The van der Waals surface area contributed by atoms with E-state index in [2.05, 4.69) is 0 Å². The third-order valence-corrected chi connectivity index (χ3v) is 4.51. The molecule has 0 bridgehead atoms. The molecule has 1 fully saturated rings. The summed E-state index contributed by atoms with van der Waals surface area (Å²) in [5.74, 6) is -0.588. The highest BCUT2D eigenvalue weighted by atomic mass is 35.5. The summed E-state index contributed by atoms with van der Waals surface area (Å²) in [7, 11) is 0. The van der Waals surface area contributed by atoms with E-state index in [-0.39, 0.29) is 10.5 Å². The number of rotatable bonds is 2. The van der Waals surface area contributed by atoms with Crippen molar-refractivity contribution in [3.8, 4) is 0 Å². The molecule has 0 N–H and O–H groups in total. The van der Waals surface area contributed by atoms with Gasteiger partial charge >= 0.3 is 6.18 Å². The SMILES string of the molecule is O=C1S/C(=C/c2cccc(C(F)(F)F)c2)C(=O)N1c1ccc(Cl)cc1. The fourth-order valence-electron chi connectivity index (χ4n) is 2.24. The minimum atomic E-state index is -4.48. The van der Waals surface area contributed by atoms with Crippen LogP contribution >= 0.6 is 23.4 Å². The second-order valence-corrected chi connectivity index (χ2v) is 6.55. The van der Waals surface area contributed by atoms with E-state index >= 15 is 0 Å². The minimum absolute atomic E-state index is 0.0549. The molecule has 1 heterocycles. The number of alkyl halides is 3. The summed E-state index contributed by atoms with van der Waals surface area (Å²) in [5, 5.41) is -0.0687. The van der Waals surface area contributed by atoms with Crippen LogP contribution < -0.4 is 4.90 Å². The molecule has 1 aliphatic heterocycles. The second-order valence-electron chi connectivity index (χ2n) is 5.12. The van der Waals surface area contributed by atoms with Crippen LogP contribution in [0.4, 0.5) is 23.7 Å². The van der Waals surface area contributed by atoms with Crippen LogP contribution in [-0.2, 0) is 11.0 Å². The third kappa shape index (κ3) is 3.72. The van der Waals surface area contributed by atoms with Crippen molar-refractivity contribution in [3.63, 3.8) is 0 Å². The van der Waals surface area contributed by atoms with Gasteiger partial charge in [0.1, 0.15) is 0 Å². The normalized spacial score (nSPS) is 16.8. The van der Waals surface area contributed by atoms with E-state index < -0.39 is 22.9 Å². The molecule has 2 aromatic rings. The van der Waals surface area contributed by atoms with E-state index in [1.54, 1.807) is 0 Å². The summed E-state index contributed by atoms with van der Waals surface area (Å²) in [6, 6.07) is 10.7. The standard InChI is InChI=1S/C17H9ClF3NO2S/c18-12-4-6-13(7-5-12)22-15(23)14(25-16(22)24)9-10-2-1-3-11(8-10)17(19,20)21/h1-9H/b14-9+. The first-order valence-electron chi connectivity index (χ1n) is 6.96. The molecular weight excluding hydrogens is 375 g/mol. The number of nitrogens with zero attached hydrogens (tertiary/aromatic N) is 1. The lowest BCUT2D eigenvalue weighted by Crippen LogP contribution is -2.27. The summed E-state index contributed by atoms with van der Waals surface area (Å²) >= 11 is 6.46. The number of benzene rings is 2. The highest BCUT2D eigenvalue weighted by Crippen LogP contribution is 2.36. The molecule has 2 amide bonds. The van der Waals surface area contributed by atoms with Gasteiger partial charge in [0.25, 0.3) is 11.1 Å². The summed E-state index contributed by atoms with van der Waals surface area (Å²) in [6.45, 7) is 0. The molecule has 8 heteroatoms. The van der Waals surface area contributed by atoms with E-state index in [0.29, 0.717) is 22.5 Å². The van der Waals surface area contributed by atoms with Crippen molar-refractivity contribution < 1.29 is 22.8 Å². The van der Waals surface area contributed by atoms with Crippen molar-refractivity contribution in [2.75, 3.05) is 4.90 Å². The molecule has 3 rings (SSSR count). The zero-order chi connectivity index (χ0) is 18.2. The van der Waals surface area contributed by atoms with Gasteiger partial charge in [-0.3, -0.25) is 9.59 Å². The molecule has 1 saturated heterocycles. The summed E-state index contributed by atoms with van der Waals surface area (Å²) < 4.78 is 38.3. The molecule has 2 aromatic carbocycles. The van der Waals surface area contributed by atoms with Gasteiger partial charge in [0.05, 0.1) is 16.2 Å². The molecule has 3 nitrogen and oxygen atoms in total. The molecule has 0 saturated carbocycles. The molecule has 0 aromatic heterocycles. The zero-order valence-electron chi connectivity index (χ0n) is 12.4. The number of anilines is 1.